The number of aryl methyl sites for hydroxylation is 1. The molecule has 7 heteroatoms. The minimum Gasteiger partial charge on any atom is -0.481 e. The van der Waals surface area contributed by atoms with Crippen LogP contribution in [0.15, 0.2) is 15.9 Å². The summed E-state index contributed by atoms with van der Waals surface area (Å²) < 4.78 is 1.09. The molecule has 0 fully saturated rings. The predicted octanol–water partition coefficient (Wildman–Crippen LogP) is 4.08. The van der Waals surface area contributed by atoms with Gasteiger partial charge in [-0.1, -0.05) is 0 Å². The summed E-state index contributed by atoms with van der Waals surface area (Å²) in [6, 6.07) is 2.07. The van der Waals surface area contributed by atoms with E-state index in [0.29, 0.717) is 6.42 Å². The topological polar surface area (TPSA) is 62.2 Å². The van der Waals surface area contributed by atoms with Gasteiger partial charge in [0.25, 0.3) is 0 Å². The maximum Gasteiger partial charge on any atom is 0.312 e. The maximum atomic E-state index is 11.2. The Balaban J connectivity index is 1.74. The monoisotopic (exact) mass is 372 g/mol. The van der Waals surface area contributed by atoms with Gasteiger partial charge in [0, 0.05) is 19.6 Å². The number of hydrogen-bond donors (Lipinski definition) is 2. The molecule has 1 unspecified atom stereocenters. The second-order valence-electron chi connectivity index (χ2n) is 4.70. The lowest BCUT2D eigenvalue weighted by atomic mass is 9.91. The molecular weight excluding hydrogens is 360 g/mol. The Bertz CT molecular complexity index is 638. The molecule has 0 spiro atoms. The highest BCUT2D eigenvalue weighted by Crippen LogP contribution is 2.37. The smallest absolute Gasteiger partial charge is 0.312 e. The minimum atomic E-state index is -0.759. The number of thiophene rings is 1. The van der Waals surface area contributed by atoms with E-state index in [1.807, 2.05) is 5.38 Å². The predicted molar refractivity (Wildman–Crippen MR) is 84.8 cm³/mol. The zero-order valence-electron chi connectivity index (χ0n) is 10.6. The molecule has 20 heavy (non-hydrogen) atoms. The largest absolute Gasteiger partial charge is 0.481 e. The quantitative estimate of drug-likeness (QED) is 0.848. The van der Waals surface area contributed by atoms with E-state index in [0.717, 1.165) is 39.6 Å². The molecule has 0 aliphatic heterocycles. The lowest BCUT2D eigenvalue weighted by molar-refractivity contribution is -0.139. The van der Waals surface area contributed by atoms with Crippen molar-refractivity contribution in [2.45, 2.75) is 31.7 Å². The van der Waals surface area contributed by atoms with Crippen LogP contribution in [0.3, 0.4) is 0 Å². The number of anilines is 1. The zero-order valence-corrected chi connectivity index (χ0v) is 13.8. The Morgan fingerprint density at radius 3 is 3.15 bits per heavy atom. The number of carboxylic acid groups (broad SMARTS) is 1. The second-order valence-corrected chi connectivity index (χ2v) is 7.69. The van der Waals surface area contributed by atoms with Crippen molar-refractivity contribution in [1.82, 2.24) is 4.98 Å². The zero-order chi connectivity index (χ0) is 14.1. The number of halogens is 1. The number of thiazole rings is 1. The molecule has 1 aliphatic carbocycles. The second kappa shape index (κ2) is 5.83. The minimum absolute atomic E-state index is 0.429. The molecule has 2 aromatic heterocycles. The molecule has 0 saturated carbocycles. The van der Waals surface area contributed by atoms with Crippen LogP contribution >= 0.6 is 38.6 Å². The first-order valence-corrected chi connectivity index (χ1v) is 8.81. The Kier molecular flexibility index (Phi) is 4.09. The van der Waals surface area contributed by atoms with Gasteiger partial charge >= 0.3 is 5.97 Å². The molecule has 0 saturated heterocycles. The summed E-state index contributed by atoms with van der Waals surface area (Å²) in [7, 11) is 0. The standard InChI is InChI=1S/C13H13BrN2O2S2/c14-7-4-8(19-6-7)5-15-13-16-11-9(12(17)18)2-1-3-10(11)20-13/h4,6,9H,1-3,5H2,(H,15,16)(H,17,18). The van der Waals surface area contributed by atoms with Gasteiger partial charge in [-0.25, -0.2) is 4.98 Å². The third-order valence-electron chi connectivity index (χ3n) is 3.29. The number of nitrogens with zero attached hydrogens (tertiary/aromatic N) is 1. The number of hydrogen-bond acceptors (Lipinski definition) is 5. The third-order valence-corrected chi connectivity index (χ3v) is 6.07. The van der Waals surface area contributed by atoms with Crippen LogP contribution in [-0.4, -0.2) is 16.1 Å². The van der Waals surface area contributed by atoms with Crippen LogP contribution < -0.4 is 5.32 Å². The highest BCUT2D eigenvalue weighted by Gasteiger charge is 2.29. The van der Waals surface area contributed by atoms with Crippen LogP contribution in [0.5, 0.6) is 0 Å². The summed E-state index contributed by atoms with van der Waals surface area (Å²) in [6.07, 6.45) is 2.58. The van der Waals surface area contributed by atoms with Gasteiger partial charge in [-0.15, -0.1) is 22.7 Å². The van der Waals surface area contributed by atoms with E-state index in [-0.39, 0.29) is 0 Å². The number of carbonyl (C=O) groups is 1. The first-order chi connectivity index (χ1) is 9.63. The summed E-state index contributed by atoms with van der Waals surface area (Å²) in [5.41, 5.74) is 0.767. The number of fused-ring (bicyclic) bond motifs is 1. The van der Waals surface area contributed by atoms with Gasteiger partial charge in [0.2, 0.25) is 0 Å². The van der Waals surface area contributed by atoms with E-state index in [1.165, 1.54) is 4.88 Å². The lowest BCUT2D eigenvalue weighted by Crippen LogP contribution is -2.17. The molecule has 4 nitrogen and oxygen atoms in total. The Morgan fingerprint density at radius 2 is 2.45 bits per heavy atom. The van der Waals surface area contributed by atoms with Crippen LogP contribution in [0.4, 0.5) is 5.13 Å². The van der Waals surface area contributed by atoms with Gasteiger partial charge in [-0.3, -0.25) is 4.79 Å². The molecule has 106 valence electrons. The van der Waals surface area contributed by atoms with Crippen LogP contribution in [0, 0.1) is 0 Å². The van der Waals surface area contributed by atoms with E-state index < -0.39 is 11.9 Å². The molecule has 3 rings (SSSR count). The van der Waals surface area contributed by atoms with Gasteiger partial charge in [-0.2, -0.15) is 0 Å². The van der Waals surface area contributed by atoms with Crippen LogP contribution in [0.25, 0.3) is 0 Å². The fourth-order valence-electron chi connectivity index (χ4n) is 2.34. The van der Waals surface area contributed by atoms with E-state index in [2.05, 4.69) is 32.3 Å². The average Bonchev–Trinajstić information content (AvgIpc) is 3.01. The summed E-state index contributed by atoms with van der Waals surface area (Å²) in [5, 5.41) is 15.4. The highest BCUT2D eigenvalue weighted by molar-refractivity contribution is 9.10. The molecule has 2 heterocycles. The van der Waals surface area contributed by atoms with Crippen molar-refractivity contribution >= 4 is 49.7 Å². The Hall–Kier alpha value is -0.920. The van der Waals surface area contributed by atoms with E-state index in [1.54, 1.807) is 22.7 Å². The number of carboxylic acids is 1. The van der Waals surface area contributed by atoms with Crippen LogP contribution in [-0.2, 0) is 17.8 Å². The summed E-state index contributed by atoms with van der Waals surface area (Å²) in [5.74, 6) is -1.19. The molecule has 0 amide bonds. The summed E-state index contributed by atoms with van der Waals surface area (Å²) in [6.45, 7) is 0.723. The van der Waals surface area contributed by atoms with Crippen molar-refractivity contribution in [2.75, 3.05) is 5.32 Å². The van der Waals surface area contributed by atoms with E-state index in [9.17, 15) is 9.90 Å². The number of aliphatic carboxylic acids is 1. The summed E-state index contributed by atoms with van der Waals surface area (Å²) >= 11 is 6.71. The van der Waals surface area contributed by atoms with Gasteiger partial charge < -0.3 is 10.4 Å². The van der Waals surface area contributed by atoms with E-state index in [4.69, 9.17) is 0 Å². The van der Waals surface area contributed by atoms with Crippen molar-refractivity contribution < 1.29 is 9.90 Å². The van der Waals surface area contributed by atoms with Crippen LogP contribution in [0.2, 0.25) is 0 Å². The molecule has 2 N–H and O–H groups in total. The first-order valence-electron chi connectivity index (χ1n) is 6.32. The van der Waals surface area contributed by atoms with Gasteiger partial charge in [0.1, 0.15) is 5.92 Å². The van der Waals surface area contributed by atoms with Gasteiger partial charge in [0.15, 0.2) is 5.13 Å². The normalized spacial score (nSPS) is 17.8. The fourth-order valence-corrected chi connectivity index (χ4v) is 4.79. The highest BCUT2D eigenvalue weighted by atomic mass is 79.9. The van der Waals surface area contributed by atoms with Gasteiger partial charge in [0.05, 0.1) is 12.2 Å². The van der Waals surface area contributed by atoms with Crippen LogP contribution in [0.1, 0.15) is 34.2 Å². The molecule has 0 bridgehead atoms. The first kappa shape index (κ1) is 14.0. The number of aromatic nitrogens is 1. The third kappa shape index (κ3) is 2.89. The lowest BCUT2D eigenvalue weighted by Gasteiger charge is -2.16. The molecule has 0 radical (unpaired) electrons. The van der Waals surface area contributed by atoms with Crippen molar-refractivity contribution in [1.29, 1.82) is 0 Å². The fraction of sp³-hybridized carbons (Fsp3) is 0.385. The van der Waals surface area contributed by atoms with Crippen molar-refractivity contribution in [2.24, 2.45) is 0 Å². The molecule has 2 aromatic rings. The number of nitrogens with one attached hydrogen (secondary N) is 1. The van der Waals surface area contributed by atoms with E-state index >= 15 is 0 Å². The van der Waals surface area contributed by atoms with Crippen molar-refractivity contribution in [3.63, 3.8) is 0 Å². The van der Waals surface area contributed by atoms with Gasteiger partial charge in [-0.05, 0) is 41.3 Å². The molecule has 1 atom stereocenters. The maximum absolute atomic E-state index is 11.2. The molecular formula is C13H13BrN2O2S2. The SMILES string of the molecule is O=C(O)C1CCCc2sc(NCc3cc(Br)cs3)nc21. The molecule has 0 aromatic carbocycles. The van der Waals surface area contributed by atoms with Crippen molar-refractivity contribution in [3.05, 3.63) is 31.4 Å². The average molecular weight is 373 g/mol. The Labute approximate surface area is 133 Å². The van der Waals surface area contributed by atoms with Crippen molar-refractivity contribution in [3.8, 4) is 0 Å². The Morgan fingerprint density at radius 1 is 1.60 bits per heavy atom. The molecule has 1 aliphatic rings. The number of rotatable bonds is 4. The summed E-state index contributed by atoms with van der Waals surface area (Å²) in [4.78, 5) is 18.1.